The van der Waals surface area contributed by atoms with Gasteiger partial charge < -0.3 is 5.73 Å². The SMILES string of the molecule is CC(=CCc1cc2ccccc2c2ccccc12)C(N)=O. The van der Waals surface area contributed by atoms with E-state index in [1.54, 1.807) is 6.92 Å². The minimum absolute atomic E-state index is 0.361. The van der Waals surface area contributed by atoms with Crippen molar-refractivity contribution in [2.45, 2.75) is 13.3 Å². The summed E-state index contributed by atoms with van der Waals surface area (Å²) in [6.07, 6.45) is 2.61. The van der Waals surface area contributed by atoms with Crippen LogP contribution in [0.15, 0.2) is 66.2 Å². The maximum atomic E-state index is 11.2. The highest BCUT2D eigenvalue weighted by Crippen LogP contribution is 2.29. The Bertz CT molecular complexity index is 862. The Labute approximate surface area is 123 Å². The van der Waals surface area contributed by atoms with Crippen LogP contribution in [-0.2, 0) is 11.2 Å². The average molecular weight is 275 g/mol. The van der Waals surface area contributed by atoms with Crippen LogP contribution >= 0.6 is 0 Å². The minimum atomic E-state index is -0.361. The standard InChI is InChI=1S/C19H17NO/c1-13(19(20)21)10-11-15-12-14-6-2-3-7-16(14)18-9-5-4-8-17(15)18/h2-10,12H,11H2,1H3,(H2,20,21). The van der Waals surface area contributed by atoms with Crippen LogP contribution in [0.3, 0.4) is 0 Å². The lowest BCUT2D eigenvalue weighted by atomic mass is 9.95. The largest absolute Gasteiger partial charge is 0.366 e. The zero-order chi connectivity index (χ0) is 14.8. The van der Waals surface area contributed by atoms with Gasteiger partial charge in [0.2, 0.25) is 5.91 Å². The molecule has 0 aliphatic rings. The zero-order valence-electron chi connectivity index (χ0n) is 12.0. The molecule has 0 aliphatic heterocycles. The number of carbonyl (C=O) groups excluding carboxylic acids is 1. The van der Waals surface area contributed by atoms with Gasteiger partial charge in [0.05, 0.1) is 0 Å². The van der Waals surface area contributed by atoms with Crippen LogP contribution in [0.4, 0.5) is 0 Å². The fraction of sp³-hybridized carbons (Fsp3) is 0.105. The Morgan fingerprint density at radius 3 is 2.33 bits per heavy atom. The molecule has 2 nitrogen and oxygen atoms in total. The van der Waals surface area contributed by atoms with E-state index in [9.17, 15) is 4.79 Å². The third kappa shape index (κ3) is 2.52. The van der Waals surface area contributed by atoms with E-state index in [4.69, 9.17) is 5.73 Å². The molecule has 0 spiro atoms. The molecule has 3 rings (SSSR count). The van der Waals surface area contributed by atoms with Gasteiger partial charge in [-0.3, -0.25) is 4.79 Å². The van der Waals surface area contributed by atoms with Crippen molar-refractivity contribution in [1.82, 2.24) is 0 Å². The average Bonchev–Trinajstić information content (AvgIpc) is 2.52. The smallest absolute Gasteiger partial charge is 0.244 e. The summed E-state index contributed by atoms with van der Waals surface area (Å²) in [5.41, 5.74) is 7.11. The summed E-state index contributed by atoms with van der Waals surface area (Å²) in [6.45, 7) is 1.76. The third-order valence-electron chi connectivity index (χ3n) is 3.87. The molecule has 0 heterocycles. The minimum Gasteiger partial charge on any atom is -0.366 e. The highest BCUT2D eigenvalue weighted by Gasteiger charge is 2.05. The summed E-state index contributed by atoms with van der Waals surface area (Å²) in [5, 5.41) is 4.95. The molecule has 3 aromatic rings. The number of amides is 1. The Kier molecular flexibility index (Phi) is 3.44. The molecule has 0 saturated heterocycles. The van der Waals surface area contributed by atoms with Crippen LogP contribution in [0.25, 0.3) is 21.5 Å². The van der Waals surface area contributed by atoms with E-state index in [1.165, 1.54) is 27.1 Å². The second-order valence-corrected chi connectivity index (χ2v) is 5.26. The van der Waals surface area contributed by atoms with Gasteiger partial charge in [0.15, 0.2) is 0 Å². The second kappa shape index (κ2) is 5.41. The Morgan fingerprint density at radius 1 is 1.00 bits per heavy atom. The first-order valence-electron chi connectivity index (χ1n) is 7.03. The lowest BCUT2D eigenvalue weighted by Gasteiger charge is -2.09. The molecular formula is C19H17NO. The summed E-state index contributed by atoms with van der Waals surface area (Å²) in [5.74, 6) is -0.361. The van der Waals surface area contributed by atoms with Crippen molar-refractivity contribution in [3.05, 3.63) is 71.8 Å². The molecule has 0 aliphatic carbocycles. The van der Waals surface area contributed by atoms with Crippen LogP contribution in [0.1, 0.15) is 12.5 Å². The Balaban J connectivity index is 2.21. The summed E-state index contributed by atoms with van der Waals surface area (Å²) in [6, 6.07) is 19.0. The van der Waals surface area contributed by atoms with E-state index < -0.39 is 0 Å². The second-order valence-electron chi connectivity index (χ2n) is 5.26. The number of nitrogens with two attached hydrogens (primary N) is 1. The van der Waals surface area contributed by atoms with Crippen LogP contribution in [-0.4, -0.2) is 5.91 Å². The van der Waals surface area contributed by atoms with Gasteiger partial charge in [0.1, 0.15) is 0 Å². The molecule has 0 radical (unpaired) electrons. The zero-order valence-corrected chi connectivity index (χ0v) is 12.0. The van der Waals surface area contributed by atoms with Crippen molar-refractivity contribution in [2.75, 3.05) is 0 Å². The van der Waals surface area contributed by atoms with Gasteiger partial charge in [-0.05, 0) is 40.5 Å². The molecule has 0 saturated carbocycles. The molecule has 104 valence electrons. The molecule has 1 amide bonds. The van der Waals surface area contributed by atoms with E-state index in [1.807, 2.05) is 18.2 Å². The summed E-state index contributed by atoms with van der Waals surface area (Å²) in [4.78, 5) is 11.2. The van der Waals surface area contributed by atoms with Crippen molar-refractivity contribution in [1.29, 1.82) is 0 Å². The molecule has 0 unspecified atom stereocenters. The van der Waals surface area contributed by atoms with Crippen molar-refractivity contribution >= 4 is 27.5 Å². The van der Waals surface area contributed by atoms with Crippen molar-refractivity contribution in [3.63, 3.8) is 0 Å². The van der Waals surface area contributed by atoms with Crippen LogP contribution < -0.4 is 5.73 Å². The number of primary amides is 1. The molecule has 21 heavy (non-hydrogen) atoms. The molecular weight excluding hydrogens is 258 g/mol. The first kappa shape index (κ1) is 13.4. The van der Waals surface area contributed by atoms with E-state index in [0.717, 1.165) is 0 Å². The quantitative estimate of drug-likeness (QED) is 0.570. The van der Waals surface area contributed by atoms with Gasteiger partial charge in [-0.15, -0.1) is 0 Å². The Morgan fingerprint density at radius 2 is 1.62 bits per heavy atom. The summed E-state index contributed by atoms with van der Waals surface area (Å²) in [7, 11) is 0. The first-order chi connectivity index (χ1) is 10.2. The molecule has 3 aromatic carbocycles. The molecule has 0 fully saturated rings. The van der Waals surface area contributed by atoms with Crippen molar-refractivity contribution < 1.29 is 4.79 Å². The van der Waals surface area contributed by atoms with Gasteiger partial charge in [0, 0.05) is 5.57 Å². The predicted octanol–water partition coefficient (Wildman–Crippen LogP) is 3.97. The maximum Gasteiger partial charge on any atom is 0.244 e. The van der Waals surface area contributed by atoms with Gasteiger partial charge in [-0.1, -0.05) is 60.7 Å². The molecule has 0 aromatic heterocycles. The summed E-state index contributed by atoms with van der Waals surface area (Å²) >= 11 is 0. The van der Waals surface area contributed by atoms with Gasteiger partial charge >= 0.3 is 0 Å². The lowest BCUT2D eigenvalue weighted by molar-refractivity contribution is -0.114. The summed E-state index contributed by atoms with van der Waals surface area (Å²) < 4.78 is 0. The van der Waals surface area contributed by atoms with Crippen molar-refractivity contribution in [3.8, 4) is 0 Å². The van der Waals surface area contributed by atoms with Crippen molar-refractivity contribution in [2.24, 2.45) is 5.73 Å². The normalized spacial score (nSPS) is 12.0. The first-order valence-corrected chi connectivity index (χ1v) is 7.03. The van der Waals surface area contributed by atoms with E-state index in [0.29, 0.717) is 12.0 Å². The van der Waals surface area contributed by atoms with Gasteiger partial charge in [-0.25, -0.2) is 0 Å². The highest BCUT2D eigenvalue weighted by molar-refractivity contribution is 6.09. The maximum absolute atomic E-state index is 11.2. The van der Waals surface area contributed by atoms with Gasteiger partial charge in [0.25, 0.3) is 0 Å². The topological polar surface area (TPSA) is 43.1 Å². The number of fused-ring (bicyclic) bond motifs is 3. The fourth-order valence-corrected chi connectivity index (χ4v) is 2.66. The van der Waals surface area contributed by atoms with E-state index >= 15 is 0 Å². The predicted molar refractivity (Wildman–Crippen MR) is 88.1 cm³/mol. The lowest BCUT2D eigenvalue weighted by Crippen LogP contribution is -2.11. The van der Waals surface area contributed by atoms with E-state index in [2.05, 4.69) is 42.5 Å². The number of benzene rings is 3. The number of rotatable bonds is 3. The highest BCUT2D eigenvalue weighted by atomic mass is 16.1. The van der Waals surface area contributed by atoms with Gasteiger partial charge in [-0.2, -0.15) is 0 Å². The third-order valence-corrected chi connectivity index (χ3v) is 3.87. The molecule has 2 heteroatoms. The fourth-order valence-electron chi connectivity index (χ4n) is 2.66. The molecule has 2 N–H and O–H groups in total. The Hall–Kier alpha value is -2.61. The number of hydrogen-bond donors (Lipinski definition) is 1. The molecule has 0 bridgehead atoms. The van der Waals surface area contributed by atoms with Crippen LogP contribution in [0.5, 0.6) is 0 Å². The number of allylic oxidation sites excluding steroid dienone is 1. The number of hydrogen-bond acceptors (Lipinski definition) is 1. The van der Waals surface area contributed by atoms with E-state index in [-0.39, 0.29) is 5.91 Å². The molecule has 0 atom stereocenters. The van der Waals surface area contributed by atoms with Crippen LogP contribution in [0.2, 0.25) is 0 Å². The number of carbonyl (C=O) groups is 1. The van der Waals surface area contributed by atoms with Crippen LogP contribution in [0, 0.1) is 0 Å². The monoisotopic (exact) mass is 275 g/mol.